The molecule has 9 nitrogen and oxygen atoms in total. The number of aliphatic hydroxyl groups is 1. The molecule has 0 saturated heterocycles. The average Bonchev–Trinajstić information content (AvgIpc) is 3.25. The molecular weight excluding hydrogens is 332 g/mol. The summed E-state index contributed by atoms with van der Waals surface area (Å²) in [6, 6.07) is 3.95. The summed E-state index contributed by atoms with van der Waals surface area (Å²) in [5.41, 5.74) is 5.93. The SMILES string of the molecule is Cn1cc(-c2cnc3[nH]n(Cc4ccc5ncc(CO)n5c4)c3n2)cn1. The highest BCUT2D eigenvalue weighted by Crippen LogP contribution is 2.20. The summed E-state index contributed by atoms with van der Waals surface area (Å²) < 4.78 is 5.58. The van der Waals surface area contributed by atoms with Crippen LogP contribution in [0.15, 0.2) is 43.1 Å². The summed E-state index contributed by atoms with van der Waals surface area (Å²) in [6.07, 6.45) is 9.09. The van der Waals surface area contributed by atoms with Gasteiger partial charge in [-0.15, -0.1) is 0 Å². The van der Waals surface area contributed by atoms with E-state index in [4.69, 9.17) is 4.98 Å². The van der Waals surface area contributed by atoms with E-state index in [0.717, 1.165) is 39.5 Å². The Kier molecular flexibility index (Phi) is 3.16. The van der Waals surface area contributed by atoms with Gasteiger partial charge in [0.15, 0.2) is 11.3 Å². The largest absolute Gasteiger partial charge is 0.390 e. The highest BCUT2D eigenvalue weighted by molar-refractivity contribution is 5.71. The molecule has 0 bridgehead atoms. The predicted octanol–water partition coefficient (Wildman–Crippen LogP) is 1.35. The summed E-state index contributed by atoms with van der Waals surface area (Å²) in [5.74, 6) is 0. The summed E-state index contributed by atoms with van der Waals surface area (Å²) >= 11 is 0. The first-order chi connectivity index (χ1) is 12.7. The number of aromatic amines is 1. The molecule has 0 amide bonds. The molecule has 0 aromatic carbocycles. The number of nitrogens with one attached hydrogen (secondary N) is 1. The third-order valence-electron chi connectivity index (χ3n) is 4.40. The van der Waals surface area contributed by atoms with Crippen LogP contribution in [0.1, 0.15) is 11.3 Å². The van der Waals surface area contributed by atoms with Crippen molar-refractivity contribution in [1.82, 2.24) is 38.9 Å². The van der Waals surface area contributed by atoms with Crippen LogP contribution < -0.4 is 0 Å². The number of rotatable bonds is 4. The smallest absolute Gasteiger partial charge is 0.193 e. The third kappa shape index (κ3) is 2.29. The average molecular weight is 348 g/mol. The molecule has 5 aromatic heterocycles. The molecule has 5 heterocycles. The number of pyridine rings is 1. The van der Waals surface area contributed by atoms with E-state index in [-0.39, 0.29) is 6.61 Å². The molecule has 0 saturated carbocycles. The Balaban J connectivity index is 1.50. The van der Waals surface area contributed by atoms with E-state index >= 15 is 0 Å². The van der Waals surface area contributed by atoms with Crippen LogP contribution >= 0.6 is 0 Å². The summed E-state index contributed by atoms with van der Waals surface area (Å²) in [6.45, 7) is 0.576. The minimum atomic E-state index is -0.0463. The van der Waals surface area contributed by atoms with Crippen molar-refractivity contribution in [3.05, 3.63) is 54.4 Å². The zero-order chi connectivity index (χ0) is 17.7. The molecule has 2 N–H and O–H groups in total. The number of nitrogens with zero attached hydrogens (tertiary/aromatic N) is 7. The van der Waals surface area contributed by atoms with Gasteiger partial charge in [0.05, 0.1) is 43.1 Å². The molecule has 0 radical (unpaired) electrons. The van der Waals surface area contributed by atoms with Gasteiger partial charge in [0.1, 0.15) is 5.65 Å². The lowest BCUT2D eigenvalue weighted by atomic mass is 10.2. The van der Waals surface area contributed by atoms with E-state index in [0.29, 0.717) is 6.54 Å². The maximum Gasteiger partial charge on any atom is 0.193 e. The van der Waals surface area contributed by atoms with Gasteiger partial charge in [0, 0.05) is 25.0 Å². The van der Waals surface area contributed by atoms with Gasteiger partial charge in [-0.3, -0.25) is 14.5 Å². The number of aliphatic hydroxyl groups excluding tert-OH is 1. The Morgan fingerprint density at radius 1 is 1.12 bits per heavy atom. The Morgan fingerprint density at radius 3 is 2.85 bits per heavy atom. The number of hydrogen-bond acceptors (Lipinski definition) is 5. The monoisotopic (exact) mass is 348 g/mol. The van der Waals surface area contributed by atoms with Crippen molar-refractivity contribution < 1.29 is 5.11 Å². The second kappa shape index (κ2) is 5.53. The van der Waals surface area contributed by atoms with Gasteiger partial charge >= 0.3 is 0 Å². The zero-order valence-electron chi connectivity index (χ0n) is 14.0. The normalized spacial score (nSPS) is 11.8. The molecule has 0 atom stereocenters. The van der Waals surface area contributed by atoms with Crippen LogP contribution in [0.2, 0.25) is 0 Å². The fourth-order valence-corrected chi connectivity index (χ4v) is 3.05. The molecule has 26 heavy (non-hydrogen) atoms. The maximum absolute atomic E-state index is 9.42. The van der Waals surface area contributed by atoms with Gasteiger partial charge in [-0.2, -0.15) is 5.10 Å². The molecule has 5 rings (SSSR count). The Morgan fingerprint density at radius 2 is 2.04 bits per heavy atom. The third-order valence-corrected chi connectivity index (χ3v) is 4.40. The maximum atomic E-state index is 9.42. The van der Waals surface area contributed by atoms with Gasteiger partial charge in [0.25, 0.3) is 0 Å². The fourth-order valence-electron chi connectivity index (χ4n) is 3.05. The van der Waals surface area contributed by atoms with Gasteiger partial charge < -0.3 is 9.51 Å². The first kappa shape index (κ1) is 14.8. The second-order valence-corrected chi connectivity index (χ2v) is 6.20. The van der Waals surface area contributed by atoms with E-state index in [1.54, 1.807) is 23.3 Å². The van der Waals surface area contributed by atoms with Crippen LogP contribution in [0, 0.1) is 0 Å². The number of hydrogen-bond donors (Lipinski definition) is 2. The topological polar surface area (TPSA) is 102 Å². The molecule has 0 aliphatic rings. The highest BCUT2D eigenvalue weighted by Gasteiger charge is 2.12. The Labute approximate surface area is 147 Å². The number of H-pyrrole nitrogens is 1. The van der Waals surface area contributed by atoms with Crippen molar-refractivity contribution in [1.29, 1.82) is 0 Å². The van der Waals surface area contributed by atoms with Crippen LogP contribution in [-0.2, 0) is 20.2 Å². The van der Waals surface area contributed by atoms with E-state index < -0.39 is 0 Å². The lowest BCUT2D eigenvalue weighted by Gasteiger charge is -2.15. The van der Waals surface area contributed by atoms with Crippen LogP contribution in [0.3, 0.4) is 0 Å². The summed E-state index contributed by atoms with van der Waals surface area (Å²) in [4.78, 5) is 13.4. The quantitative estimate of drug-likeness (QED) is 0.510. The lowest BCUT2D eigenvalue weighted by molar-refractivity contribution is 0.276. The molecule has 0 fully saturated rings. The van der Waals surface area contributed by atoms with E-state index in [9.17, 15) is 5.11 Å². The van der Waals surface area contributed by atoms with Gasteiger partial charge in [-0.1, -0.05) is 6.07 Å². The Bertz CT molecular complexity index is 1220. The van der Waals surface area contributed by atoms with Crippen molar-refractivity contribution >= 4 is 16.9 Å². The molecule has 5 aromatic rings. The van der Waals surface area contributed by atoms with Crippen molar-refractivity contribution in [3.8, 4) is 11.3 Å². The van der Waals surface area contributed by atoms with Crippen molar-refractivity contribution in [3.63, 3.8) is 0 Å². The van der Waals surface area contributed by atoms with E-state index in [1.165, 1.54) is 0 Å². The first-order valence-electron chi connectivity index (χ1n) is 8.17. The first-order valence-corrected chi connectivity index (χ1v) is 8.17. The summed E-state index contributed by atoms with van der Waals surface area (Å²) in [7, 11) is 1.87. The zero-order valence-corrected chi connectivity index (χ0v) is 14.0. The molecule has 9 heteroatoms. The van der Waals surface area contributed by atoms with Crippen LogP contribution in [0.4, 0.5) is 0 Å². The predicted molar refractivity (Wildman–Crippen MR) is 94.3 cm³/mol. The highest BCUT2D eigenvalue weighted by atomic mass is 16.3. The molecule has 0 aliphatic carbocycles. The van der Waals surface area contributed by atoms with Crippen LogP contribution in [0.5, 0.6) is 0 Å². The minimum Gasteiger partial charge on any atom is -0.390 e. The number of imidazole rings is 1. The van der Waals surface area contributed by atoms with Crippen molar-refractivity contribution in [2.45, 2.75) is 13.2 Å². The second-order valence-electron chi connectivity index (χ2n) is 6.20. The van der Waals surface area contributed by atoms with Crippen LogP contribution in [0.25, 0.3) is 28.2 Å². The van der Waals surface area contributed by atoms with Gasteiger partial charge in [-0.25, -0.2) is 15.0 Å². The molecule has 0 spiro atoms. The van der Waals surface area contributed by atoms with Gasteiger partial charge in [-0.05, 0) is 11.6 Å². The molecule has 0 aliphatic heterocycles. The fraction of sp³-hybridized carbons (Fsp3) is 0.176. The summed E-state index contributed by atoms with van der Waals surface area (Å²) in [5, 5.41) is 16.8. The van der Waals surface area contributed by atoms with Crippen molar-refractivity contribution in [2.75, 3.05) is 0 Å². The number of fused-ring (bicyclic) bond motifs is 2. The number of aromatic nitrogens is 8. The van der Waals surface area contributed by atoms with Crippen molar-refractivity contribution in [2.24, 2.45) is 7.05 Å². The van der Waals surface area contributed by atoms with E-state index in [2.05, 4.69) is 20.2 Å². The molecule has 0 unspecified atom stereocenters. The minimum absolute atomic E-state index is 0.0463. The number of aryl methyl sites for hydroxylation is 1. The van der Waals surface area contributed by atoms with E-state index in [1.807, 2.05) is 40.7 Å². The molecule has 130 valence electrons. The lowest BCUT2D eigenvalue weighted by Crippen LogP contribution is -2.15. The molecular formula is C17H16N8O. The van der Waals surface area contributed by atoms with Crippen LogP contribution in [-0.4, -0.2) is 44.0 Å². The Hall–Kier alpha value is -3.46. The van der Waals surface area contributed by atoms with Gasteiger partial charge in [0.2, 0.25) is 0 Å². The standard InChI is InChI=1S/C17H16N8O/c1-23-9-12(4-20-23)14-6-19-16-17(21-14)25(22-16)8-11-2-3-15-18-5-13(10-26)24(15)7-11/h2-7,9,26H,8,10H2,1H3,(H,19,22).